The van der Waals surface area contributed by atoms with Gasteiger partial charge in [-0.25, -0.2) is 9.69 Å². The summed E-state index contributed by atoms with van der Waals surface area (Å²) in [5.74, 6) is 0.142. The number of fused-ring (bicyclic) bond motifs is 1. The number of hydrogen-bond acceptors (Lipinski definition) is 7. The lowest BCUT2D eigenvalue weighted by atomic mass is 9.96. The maximum atomic E-state index is 13.9. The molecule has 1 saturated heterocycles. The van der Waals surface area contributed by atoms with Crippen LogP contribution in [0, 0.1) is 6.92 Å². The zero-order valence-electron chi connectivity index (χ0n) is 23.5. The smallest absolute Gasteiger partial charge is 0.327 e. The summed E-state index contributed by atoms with van der Waals surface area (Å²) >= 11 is 0. The number of methoxy groups -OCH3 is 1. The van der Waals surface area contributed by atoms with Crippen molar-refractivity contribution in [3.63, 3.8) is 0 Å². The number of carbonyl (C=O) groups excluding carboxylic acids is 3. The zero-order valence-corrected chi connectivity index (χ0v) is 23.5. The van der Waals surface area contributed by atoms with Crippen LogP contribution in [0.1, 0.15) is 66.9 Å². The normalized spacial score (nSPS) is 18.2. The molecule has 0 unspecified atom stereocenters. The molecule has 40 heavy (non-hydrogen) atoms. The van der Waals surface area contributed by atoms with Crippen LogP contribution in [0.2, 0.25) is 0 Å². The van der Waals surface area contributed by atoms with Crippen LogP contribution in [-0.4, -0.2) is 65.2 Å². The van der Waals surface area contributed by atoms with Gasteiger partial charge in [0.25, 0.3) is 11.8 Å². The van der Waals surface area contributed by atoms with Crippen LogP contribution in [0.15, 0.2) is 49.0 Å². The molecule has 214 valence electrons. The van der Waals surface area contributed by atoms with Crippen LogP contribution in [0.4, 0.5) is 4.79 Å². The average Bonchev–Trinajstić information content (AvgIpc) is 3.38. The molecule has 0 saturated carbocycles. The number of carbonyl (C=O) groups is 3. The number of aromatic nitrogens is 1. The van der Waals surface area contributed by atoms with Crippen LogP contribution in [0.25, 0.3) is 0 Å². The summed E-state index contributed by atoms with van der Waals surface area (Å²) in [4.78, 5) is 47.0. The highest BCUT2D eigenvalue weighted by Gasteiger charge is 2.56. The first kappa shape index (κ1) is 29.1. The number of pyridine rings is 1. The number of nitrogens with zero attached hydrogens (tertiary/aromatic N) is 3. The number of urea groups is 1. The van der Waals surface area contributed by atoms with E-state index in [1.807, 2.05) is 13.0 Å². The third kappa shape index (κ3) is 6.12. The van der Waals surface area contributed by atoms with Crippen molar-refractivity contribution in [2.45, 2.75) is 64.5 Å². The van der Waals surface area contributed by atoms with Crippen molar-refractivity contribution < 1.29 is 28.6 Å². The maximum Gasteiger partial charge on any atom is 0.327 e. The lowest BCUT2D eigenvalue weighted by molar-refractivity contribution is -0.135. The van der Waals surface area contributed by atoms with E-state index in [0.717, 1.165) is 35.3 Å². The van der Waals surface area contributed by atoms with Gasteiger partial charge in [-0.2, -0.15) is 0 Å². The average molecular weight is 551 g/mol. The molecule has 4 amide bonds. The lowest BCUT2D eigenvalue weighted by Gasteiger charge is -2.32. The molecule has 0 radical (unpaired) electrons. The summed E-state index contributed by atoms with van der Waals surface area (Å²) in [5, 5.41) is 2.78. The van der Waals surface area contributed by atoms with Gasteiger partial charge in [0.05, 0.1) is 13.7 Å². The van der Waals surface area contributed by atoms with E-state index in [-0.39, 0.29) is 31.5 Å². The Bertz CT molecular complexity index is 1260. The molecule has 1 fully saturated rings. The number of unbranched alkanes of at least 4 members (excludes halogenated alkanes) is 5. The summed E-state index contributed by atoms with van der Waals surface area (Å²) < 4.78 is 17.0. The molecule has 1 aromatic heterocycles. The fourth-order valence-electron chi connectivity index (χ4n) is 4.94. The Labute approximate surface area is 235 Å². The van der Waals surface area contributed by atoms with E-state index in [0.29, 0.717) is 23.7 Å². The number of ether oxygens (including phenoxy) is 3. The van der Waals surface area contributed by atoms with E-state index in [2.05, 4.69) is 23.8 Å². The second kappa shape index (κ2) is 13.0. The molecule has 1 atom stereocenters. The Balaban J connectivity index is 1.51. The molecule has 2 aliphatic rings. The zero-order chi connectivity index (χ0) is 28.7. The van der Waals surface area contributed by atoms with Gasteiger partial charge in [-0.3, -0.25) is 14.6 Å². The minimum absolute atomic E-state index is 0.0000826. The molecule has 3 heterocycles. The molecule has 1 N–H and O–H groups in total. The quantitative estimate of drug-likeness (QED) is 0.196. The molecule has 10 nitrogen and oxygen atoms in total. The Hall–Kier alpha value is -3.92. The van der Waals surface area contributed by atoms with Crippen molar-refractivity contribution in [2.75, 3.05) is 27.0 Å². The first-order chi connectivity index (χ1) is 19.3. The Kier molecular flexibility index (Phi) is 9.42. The highest BCUT2D eigenvalue weighted by molar-refractivity contribution is 6.09. The molecule has 1 aromatic carbocycles. The van der Waals surface area contributed by atoms with Gasteiger partial charge in [0.2, 0.25) is 0 Å². The van der Waals surface area contributed by atoms with Crippen molar-refractivity contribution in [1.82, 2.24) is 20.1 Å². The van der Waals surface area contributed by atoms with Crippen molar-refractivity contribution in [3.05, 3.63) is 65.7 Å². The molecule has 2 aliphatic heterocycles. The van der Waals surface area contributed by atoms with Crippen LogP contribution in [0.5, 0.6) is 11.5 Å². The summed E-state index contributed by atoms with van der Waals surface area (Å²) in [7, 11) is 1.53. The van der Waals surface area contributed by atoms with E-state index < -0.39 is 17.5 Å². The predicted octanol–water partition coefficient (Wildman–Crippen LogP) is 4.57. The van der Waals surface area contributed by atoms with E-state index in [4.69, 9.17) is 14.2 Å². The molecule has 0 aliphatic carbocycles. The Morgan fingerprint density at radius 1 is 1.12 bits per heavy atom. The van der Waals surface area contributed by atoms with Gasteiger partial charge in [0.1, 0.15) is 24.0 Å². The summed E-state index contributed by atoms with van der Waals surface area (Å²) in [6.07, 6.45) is 9.79. The van der Waals surface area contributed by atoms with Gasteiger partial charge in [-0.05, 0) is 37.1 Å². The monoisotopic (exact) mass is 550 g/mol. The van der Waals surface area contributed by atoms with Gasteiger partial charge in [0, 0.05) is 36.7 Å². The fourth-order valence-corrected chi connectivity index (χ4v) is 4.94. The lowest BCUT2D eigenvalue weighted by Crippen LogP contribution is -2.57. The van der Waals surface area contributed by atoms with Gasteiger partial charge in [-0.15, -0.1) is 0 Å². The molecule has 10 heteroatoms. The number of amides is 4. The molecule has 2 aromatic rings. The first-order valence-corrected chi connectivity index (χ1v) is 13.8. The third-order valence-corrected chi connectivity index (χ3v) is 7.34. The standard InChI is InChI=1S/C30H38N4O6/c1-5-6-7-8-9-10-15-39-20-34-28(36)30(32-29(34)37,22(3)40-26-13-14-31-17-21(26)2)19-33-18-23-11-12-24(38-4)16-25(23)27(33)35/h11-14,16-17H,3,5-10,15,18-20H2,1-2,4H3,(H,32,37)/t30-/m0/s1. The first-order valence-electron chi connectivity index (χ1n) is 13.8. The van der Waals surface area contributed by atoms with Crippen molar-refractivity contribution in [3.8, 4) is 11.5 Å². The Morgan fingerprint density at radius 3 is 2.65 bits per heavy atom. The summed E-state index contributed by atoms with van der Waals surface area (Å²) in [6.45, 7) is 8.38. The van der Waals surface area contributed by atoms with E-state index in [1.54, 1.807) is 30.6 Å². The van der Waals surface area contributed by atoms with E-state index >= 15 is 0 Å². The maximum absolute atomic E-state index is 13.9. The summed E-state index contributed by atoms with van der Waals surface area (Å²) in [5.41, 5.74) is 0.305. The van der Waals surface area contributed by atoms with Gasteiger partial charge in [-0.1, -0.05) is 51.7 Å². The van der Waals surface area contributed by atoms with Gasteiger partial charge < -0.3 is 24.4 Å². The number of nitrogens with one attached hydrogen (secondary N) is 1. The molecule has 0 bridgehead atoms. The van der Waals surface area contributed by atoms with Gasteiger partial charge >= 0.3 is 6.03 Å². The highest BCUT2D eigenvalue weighted by Crippen LogP contribution is 2.33. The number of hydrogen-bond donors (Lipinski definition) is 1. The predicted molar refractivity (Wildman–Crippen MR) is 149 cm³/mol. The fraction of sp³-hybridized carbons (Fsp3) is 0.467. The second-order valence-corrected chi connectivity index (χ2v) is 10.2. The van der Waals surface area contributed by atoms with Crippen LogP contribution in [-0.2, 0) is 16.1 Å². The molecular formula is C30H38N4O6. The molecule has 4 rings (SSSR count). The van der Waals surface area contributed by atoms with Crippen LogP contribution >= 0.6 is 0 Å². The number of aryl methyl sites for hydroxylation is 1. The van der Waals surface area contributed by atoms with Gasteiger partial charge in [0.15, 0.2) is 5.54 Å². The van der Waals surface area contributed by atoms with Crippen LogP contribution in [0.3, 0.4) is 0 Å². The number of benzene rings is 1. The van der Waals surface area contributed by atoms with Crippen LogP contribution < -0.4 is 14.8 Å². The summed E-state index contributed by atoms with van der Waals surface area (Å²) in [6, 6.07) is 6.30. The van der Waals surface area contributed by atoms with E-state index in [1.165, 1.54) is 31.3 Å². The SMILES string of the molecule is C=C(Oc1ccncc1C)[C@]1(CN2Cc3ccc(OC)cc3C2=O)NC(=O)N(COCCCCCCCC)C1=O. The van der Waals surface area contributed by atoms with Crippen molar-refractivity contribution in [2.24, 2.45) is 0 Å². The molecular weight excluding hydrogens is 512 g/mol. The molecule has 0 spiro atoms. The topological polar surface area (TPSA) is 110 Å². The van der Waals surface area contributed by atoms with E-state index in [9.17, 15) is 14.4 Å². The number of rotatable bonds is 15. The Morgan fingerprint density at radius 2 is 1.90 bits per heavy atom. The van der Waals surface area contributed by atoms with Crippen molar-refractivity contribution in [1.29, 1.82) is 0 Å². The minimum atomic E-state index is -1.71. The highest BCUT2D eigenvalue weighted by atomic mass is 16.5. The largest absolute Gasteiger partial charge is 0.497 e. The number of imide groups is 1. The van der Waals surface area contributed by atoms with Crippen molar-refractivity contribution >= 4 is 17.8 Å². The second-order valence-electron chi connectivity index (χ2n) is 10.2. The third-order valence-electron chi connectivity index (χ3n) is 7.34. The minimum Gasteiger partial charge on any atom is -0.497 e.